The Hall–Kier alpha value is -1.55. The number of primary amides is 1. The summed E-state index contributed by atoms with van der Waals surface area (Å²) in [6.07, 6.45) is -0.736. The van der Waals surface area contributed by atoms with E-state index in [1.54, 1.807) is 19.1 Å². The molecule has 1 aromatic carbocycles. The van der Waals surface area contributed by atoms with Gasteiger partial charge in [-0.15, -0.1) is 0 Å². The summed E-state index contributed by atoms with van der Waals surface area (Å²) in [5.41, 5.74) is 5.82. The molecule has 1 aromatic rings. The Balaban J connectivity index is 2.87. The lowest BCUT2D eigenvalue weighted by molar-refractivity contribution is -0.129. The van der Waals surface area contributed by atoms with Gasteiger partial charge in [0.1, 0.15) is 5.75 Å². The fourth-order valence-corrected chi connectivity index (χ4v) is 1.16. The van der Waals surface area contributed by atoms with Crippen molar-refractivity contribution >= 4 is 5.91 Å². The Morgan fingerprint density at radius 2 is 2.07 bits per heavy atom. The zero-order valence-electron chi connectivity index (χ0n) is 7.93. The Morgan fingerprint density at radius 1 is 1.50 bits per heavy atom. The van der Waals surface area contributed by atoms with Gasteiger partial charge in [0.25, 0.3) is 5.91 Å². The van der Waals surface area contributed by atoms with Crippen LogP contribution in [0.2, 0.25) is 0 Å². The van der Waals surface area contributed by atoms with Crippen LogP contribution in [-0.2, 0) is 9.53 Å². The SMILES string of the molecule is CCOC(C(N)=O)c1ccc(O)cc1. The van der Waals surface area contributed by atoms with Crippen molar-refractivity contribution in [1.29, 1.82) is 0 Å². The molecule has 4 heteroatoms. The summed E-state index contributed by atoms with van der Waals surface area (Å²) in [7, 11) is 0. The Labute approximate surface area is 82.3 Å². The first-order chi connectivity index (χ1) is 6.65. The minimum atomic E-state index is -0.736. The molecule has 3 N–H and O–H groups in total. The van der Waals surface area contributed by atoms with E-state index in [4.69, 9.17) is 15.6 Å². The number of ether oxygens (including phenoxy) is 1. The molecule has 1 unspecified atom stereocenters. The molecule has 0 aliphatic rings. The molecule has 1 rings (SSSR count). The summed E-state index contributed by atoms with van der Waals surface area (Å²) in [5, 5.41) is 9.05. The lowest BCUT2D eigenvalue weighted by atomic mass is 10.1. The first kappa shape index (κ1) is 10.5. The van der Waals surface area contributed by atoms with Crippen LogP contribution in [0.25, 0.3) is 0 Å². The Morgan fingerprint density at radius 3 is 2.50 bits per heavy atom. The van der Waals surface area contributed by atoms with E-state index in [-0.39, 0.29) is 5.75 Å². The third kappa shape index (κ3) is 2.47. The highest BCUT2D eigenvalue weighted by molar-refractivity contribution is 5.80. The zero-order valence-corrected chi connectivity index (χ0v) is 7.93. The molecule has 0 fully saturated rings. The third-order valence-corrected chi connectivity index (χ3v) is 1.79. The van der Waals surface area contributed by atoms with Gasteiger partial charge in [-0.1, -0.05) is 12.1 Å². The molecule has 0 bridgehead atoms. The number of aromatic hydroxyl groups is 1. The molecular weight excluding hydrogens is 182 g/mol. The summed E-state index contributed by atoms with van der Waals surface area (Å²) in [6.45, 7) is 2.20. The fourth-order valence-electron chi connectivity index (χ4n) is 1.16. The molecular formula is C10H13NO3. The first-order valence-corrected chi connectivity index (χ1v) is 4.35. The molecule has 1 atom stereocenters. The minimum absolute atomic E-state index is 0.147. The highest BCUT2D eigenvalue weighted by Gasteiger charge is 2.17. The molecule has 0 radical (unpaired) electrons. The number of carbonyl (C=O) groups is 1. The van der Waals surface area contributed by atoms with Crippen LogP contribution in [0.3, 0.4) is 0 Å². The maximum atomic E-state index is 11.0. The van der Waals surface area contributed by atoms with Gasteiger partial charge in [-0.3, -0.25) is 4.79 Å². The van der Waals surface area contributed by atoms with E-state index in [1.165, 1.54) is 12.1 Å². The van der Waals surface area contributed by atoms with Crippen molar-refractivity contribution in [2.45, 2.75) is 13.0 Å². The molecule has 0 aromatic heterocycles. The van der Waals surface area contributed by atoms with Crippen molar-refractivity contribution in [2.75, 3.05) is 6.61 Å². The zero-order chi connectivity index (χ0) is 10.6. The van der Waals surface area contributed by atoms with Crippen LogP contribution < -0.4 is 5.73 Å². The maximum absolute atomic E-state index is 11.0. The minimum Gasteiger partial charge on any atom is -0.508 e. The number of phenolic OH excluding ortho intramolecular Hbond substituents is 1. The van der Waals surface area contributed by atoms with Crippen molar-refractivity contribution in [2.24, 2.45) is 5.73 Å². The number of nitrogens with two attached hydrogens (primary N) is 1. The second-order valence-corrected chi connectivity index (χ2v) is 2.83. The van der Waals surface area contributed by atoms with Crippen LogP contribution in [-0.4, -0.2) is 17.6 Å². The standard InChI is InChI=1S/C10H13NO3/c1-2-14-9(10(11)13)7-3-5-8(12)6-4-7/h3-6,9,12H,2H2,1H3,(H2,11,13). The summed E-state index contributed by atoms with van der Waals surface area (Å²) in [6, 6.07) is 6.20. The molecule has 14 heavy (non-hydrogen) atoms. The molecule has 76 valence electrons. The summed E-state index contributed by atoms with van der Waals surface area (Å²) in [4.78, 5) is 11.0. The van der Waals surface area contributed by atoms with E-state index in [0.29, 0.717) is 12.2 Å². The number of benzene rings is 1. The van der Waals surface area contributed by atoms with E-state index >= 15 is 0 Å². The smallest absolute Gasteiger partial charge is 0.251 e. The second kappa shape index (κ2) is 4.62. The average Bonchev–Trinajstić information content (AvgIpc) is 2.15. The highest BCUT2D eigenvalue weighted by atomic mass is 16.5. The van der Waals surface area contributed by atoms with Gasteiger partial charge in [0.2, 0.25) is 0 Å². The second-order valence-electron chi connectivity index (χ2n) is 2.83. The Kier molecular flexibility index (Phi) is 3.48. The van der Waals surface area contributed by atoms with Gasteiger partial charge in [0, 0.05) is 6.61 Å². The van der Waals surface area contributed by atoms with Crippen LogP contribution in [0.15, 0.2) is 24.3 Å². The topological polar surface area (TPSA) is 72.5 Å². The van der Waals surface area contributed by atoms with Gasteiger partial charge in [0.05, 0.1) is 0 Å². The largest absolute Gasteiger partial charge is 0.508 e. The van der Waals surface area contributed by atoms with Crippen molar-refractivity contribution < 1.29 is 14.6 Å². The quantitative estimate of drug-likeness (QED) is 0.751. The van der Waals surface area contributed by atoms with E-state index in [1.807, 2.05) is 0 Å². The average molecular weight is 195 g/mol. The number of hydrogen-bond acceptors (Lipinski definition) is 3. The summed E-state index contributed by atoms with van der Waals surface area (Å²) < 4.78 is 5.17. The van der Waals surface area contributed by atoms with Crippen molar-refractivity contribution in [1.82, 2.24) is 0 Å². The predicted octanol–water partition coefficient (Wildman–Crippen LogP) is 0.955. The molecule has 1 amide bonds. The van der Waals surface area contributed by atoms with Crippen molar-refractivity contribution in [3.63, 3.8) is 0 Å². The van der Waals surface area contributed by atoms with Gasteiger partial charge in [-0.25, -0.2) is 0 Å². The number of hydrogen-bond donors (Lipinski definition) is 2. The van der Waals surface area contributed by atoms with E-state index in [9.17, 15) is 4.79 Å². The first-order valence-electron chi connectivity index (χ1n) is 4.35. The van der Waals surface area contributed by atoms with Gasteiger partial charge in [0.15, 0.2) is 6.10 Å². The van der Waals surface area contributed by atoms with E-state index < -0.39 is 12.0 Å². The summed E-state index contributed by atoms with van der Waals surface area (Å²) in [5.74, 6) is -0.383. The number of carbonyl (C=O) groups excluding carboxylic acids is 1. The molecule has 0 saturated carbocycles. The number of phenols is 1. The number of rotatable bonds is 4. The van der Waals surface area contributed by atoms with Crippen LogP contribution in [0.4, 0.5) is 0 Å². The van der Waals surface area contributed by atoms with Gasteiger partial charge in [-0.05, 0) is 24.6 Å². The molecule has 0 heterocycles. The normalized spacial score (nSPS) is 12.4. The molecule has 0 spiro atoms. The molecule has 0 aliphatic heterocycles. The fraction of sp³-hybridized carbons (Fsp3) is 0.300. The van der Waals surface area contributed by atoms with Crippen molar-refractivity contribution in [3.05, 3.63) is 29.8 Å². The van der Waals surface area contributed by atoms with Gasteiger partial charge in [-0.2, -0.15) is 0 Å². The third-order valence-electron chi connectivity index (χ3n) is 1.79. The number of amides is 1. The van der Waals surface area contributed by atoms with E-state index in [2.05, 4.69) is 0 Å². The highest BCUT2D eigenvalue weighted by Crippen LogP contribution is 2.19. The van der Waals surface area contributed by atoms with Crippen LogP contribution in [0.1, 0.15) is 18.6 Å². The lowest BCUT2D eigenvalue weighted by Crippen LogP contribution is -2.23. The van der Waals surface area contributed by atoms with Crippen molar-refractivity contribution in [3.8, 4) is 5.75 Å². The maximum Gasteiger partial charge on any atom is 0.251 e. The molecule has 4 nitrogen and oxygen atoms in total. The Bertz CT molecular complexity index is 308. The molecule has 0 saturated heterocycles. The van der Waals surface area contributed by atoms with Crippen LogP contribution >= 0.6 is 0 Å². The monoisotopic (exact) mass is 195 g/mol. The molecule has 0 aliphatic carbocycles. The summed E-state index contributed by atoms with van der Waals surface area (Å²) >= 11 is 0. The van der Waals surface area contributed by atoms with Gasteiger partial charge >= 0.3 is 0 Å². The van der Waals surface area contributed by atoms with Crippen LogP contribution in [0.5, 0.6) is 5.75 Å². The van der Waals surface area contributed by atoms with E-state index in [0.717, 1.165) is 0 Å². The lowest BCUT2D eigenvalue weighted by Gasteiger charge is -2.13. The van der Waals surface area contributed by atoms with Crippen LogP contribution in [0, 0.1) is 0 Å². The predicted molar refractivity (Wildman–Crippen MR) is 51.7 cm³/mol. The van der Waals surface area contributed by atoms with Gasteiger partial charge < -0.3 is 15.6 Å².